The highest BCUT2D eigenvalue weighted by Gasteiger charge is 2.37. The van der Waals surface area contributed by atoms with Gasteiger partial charge < -0.3 is 9.32 Å². The van der Waals surface area contributed by atoms with Gasteiger partial charge in [-0.25, -0.2) is 0 Å². The van der Waals surface area contributed by atoms with Gasteiger partial charge in [-0.05, 0) is 115 Å². The lowest BCUT2D eigenvalue weighted by molar-refractivity contribution is 0.660. The molecule has 10 aromatic rings. The van der Waals surface area contributed by atoms with Gasteiger partial charge in [0, 0.05) is 43.9 Å². The van der Waals surface area contributed by atoms with Gasteiger partial charge in [0.15, 0.2) is 0 Å². The Balaban J connectivity index is 1.03. The summed E-state index contributed by atoms with van der Waals surface area (Å²) < 4.78 is 6.70. The highest BCUT2D eigenvalue weighted by Crippen LogP contribution is 2.53. The number of hydrogen-bond acceptors (Lipinski definition) is 2. The quantitative estimate of drug-likeness (QED) is 0.173. The summed E-state index contributed by atoms with van der Waals surface area (Å²) in [7, 11) is 0. The molecule has 1 heterocycles. The third kappa shape index (κ3) is 4.94. The number of benzene rings is 9. The van der Waals surface area contributed by atoms with E-state index in [1.165, 1.54) is 61.0 Å². The van der Waals surface area contributed by atoms with Crippen molar-refractivity contribution in [2.24, 2.45) is 0 Å². The smallest absolute Gasteiger partial charge is 0.143 e. The minimum atomic E-state index is -0.137. The lowest BCUT2D eigenvalue weighted by Gasteiger charge is -2.30. The van der Waals surface area contributed by atoms with Crippen molar-refractivity contribution < 1.29 is 4.42 Å². The van der Waals surface area contributed by atoms with Crippen LogP contribution < -0.4 is 4.90 Å². The van der Waals surface area contributed by atoms with E-state index in [1.54, 1.807) is 0 Å². The molecule has 2 heteroatoms. The zero-order valence-electron chi connectivity index (χ0n) is 34.3. The largest absolute Gasteiger partial charge is 0.455 e. The lowest BCUT2D eigenvalue weighted by atomic mass is 9.81. The Hall–Kier alpha value is -7.16. The van der Waals surface area contributed by atoms with E-state index in [-0.39, 0.29) is 10.8 Å². The van der Waals surface area contributed by atoms with E-state index in [4.69, 9.17) is 4.42 Å². The molecule has 0 radical (unpaired) electrons. The third-order valence-corrected chi connectivity index (χ3v) is 13.7. The molecule has 9 aromatic carbocycles. The SMILES string of the molecule is CC1(C)c2ccccc2-c2ccc(-c3ccc(N(c4ccc5c(c4)C(C)(C)c4ccccc4-5)c4ccccc4-c4cccc5oc6c7ccccc7ccc6c45)cc3)cc21. The van der Waals surface area contributed by atoms with Gasteiger partial charge in [-0.3, -0.25) is 0 Å². The van der Waals surface area contributed by atoms with Crippen LogP contribution in [0.5, 0.6) is 0 Å². The minimum Gasteiger partial charge on any atom is -0.455 e. The van der Waals surface area contributed by atoms with Gasteiger partial charge in [0.25, 0.3) is 0 Å². The van der Waals surface area contributed by atoms with E-state index in [0.717, 1.165) is 55.5 Å². The average molecular weight is 770 g/mol. The Morgan fingerprint density at radius 1 is 0.383 bits per heavy atom. The minimum absolute atomic E-state index is 0.0559. The van der Waals surface area contributed by atoms with Crippen molar-refractivity contribution in [1.29, 1.82) is 0 Å². The molecular weight excluding hydrogens is 727 g/mol. The van der Waals surface area contributed by atoms with Crippen molar-refractivity contribution >= 4 is 49.8 Å². The number of nitrogens with zero attached hydrogens (tertiary/aromatic N) is 1. The summed E-state index contributed by atoms with van der Waals surface area (Å²) in [5, 5.41) is 4.57. The van der Waals surface area contributed by atoms with Crippen molar-refractivity contribution in [3.05, 3.63) is 210 Å². The fraction of sp³-hybridized carbons (Fsp3) is 0.103. The van der Waals surface area contributed by atoms with Gasteiger partial charge in [-0.1, -0.05) is 167 Å². The topological polar surface area (TPSA) is 16.4 Å². The van der Waals surface area contributed by atoms with Gasteiger partial charge in [0.1, 0.15) is 11.2 Å². The van der Waals surface area contributed by atoms with Crippen molar-refractivity contribution in [2.75, 3.05) is 4.90 Å². The van der Waals surface area contributed by atoms with Crippen LogP contribution in [0.2, 0.25) is 0 Å². The fourth-order valence-electron chi connectivity index (χ4n) is 10.6. The molecule has 286 valence electrons. The summed E-state index contributed by atoms with van der Waals surface area (Å²) in [5.41, 5.74) is 20.5. The molecule has 0 atom stereocenters. The van der Waals surface area contributed by atoms with E-state index in [9.17, 15) is 0 Å². The number of para-hydroxylation sites is 1. The number of fused-ring (bicyclic) bond motifs is 11. The van der Waals surface area contributed by atoms with Crippen LogP contribution in [-0.4, -0.2) is 0 Å². The molecule has 0 saturated carbocycles. The second-order valence-electron chi connectivity index (χ2n) is 17.7. The summed E-state index contributed by atoms with van der Waals surface area (Å²) in [6.07, 6.45) is 0. The zero-order chi connectivity index (χ0) is 40.3. The maximum Gasteiger partial charge on any atom is 0.143 e. The normalized spacial score (nSPS) is 14.3. The predicted octanol–water partition coefficient (Wildman–Crippen LogP) is 16.2. The first kappa shape index (κ1) is 34.8. The Bertz CT molecular complexity index is 3380. The monoisotopic (exact) mass is 769 g/mol. The molecule has 2 nitrogen and oxygen atoms in total. The Labute approximate surface area is 351 Å². The second kappa shape index (κ2) is 12.7. The Kier molecular flexibility index (Phi) is 7.36. The standard InChI is InChI=1S/C58H43NO/c1-57(2)49-20-10-7-16-42(49)44-31-27-38(34-51(44)57)36-24-28-39(29-25-36)59(40-30-33-45-43-17-8-11-21-50(43)58(3,4)52(45)35-40)53-22-12-9-18-46(53)47-19-13-23-54-55(47)48-32-26-37-14-5-6-15-41(37)56(48)60-54/h5-35H,1-4H3. The highest BCUT2D eigenvalue weighted by molar-refractivity contribution is 6.19. The van der Waals surface area contributed by atoms with Crippen LogP contribution in [0.25, 0.3) is 77.2 Å². The maximum absolute atomic E-state index is 6.70. The predicted molar refractivity (Wildman–Crippen MR) is 252 cm³/mol. The van der Waals surface area contributed by atoms with Gasteiger partial charge in [-0.15, -0.1) is 0 Å². The van der Waals surface area contributed by atoms with Crippen LogP contribution >= 0.6 is 0 Å². The molecule has 0 bridgehead atoms. The van der Waals surface area contributed by atoms with Crippen LogP contribution in [0.15, 0.2) is 192 Å². The first-order valence-electron chi connectivity index (χ1n) is 21.1. The lowest BCUT2D eigenvalue weighted by Crippen LogP contribution is -2.17. The van der Waals surface area contributed by atoms with Crippen molar-refractivity contribution in [3.8, 4) is 44.5 Å². The molecule has 60 heavy (non-hydrogen) atoms. The van der Waals surface area contributed by atoms with E-state index < -0.39 is 0 Å². The van der Waals surface area contributed by atoms with E-state index in [0.29, 0.717) is 0 Å². The molecule has 2 aliphatic carbocycles. The van der Waals surface area contributed by atoms with Crippen LogP contribution in [0, 0.1) is 0 Å². The number of anilines is 3. The van der Waals surface area contributed by atoms with E-state index in [2.05, 4.69) is 221 Å². The molecule has 0 amide bonds. The molecule has 0 unspecified atom stereocenters. The number of hydrogen-bond donors (Lipinski definition) is 0. The summed E-state index contributed by atoms with van der Waals surface area (Å²) in [6, 6.07) is 69.3. The van der Waals surface area contributed by atoms with Crippen molar-refractivity contribution in [1.82, 2.24) is 0 Å². The van der Waals surface area contributed by atoms with Gasteiger partial charge >= 0.3 is 0 Å². The number of rotatable bonds is 5. The molecule has 0 saturated heterocycles. The van der Waals surface area contributed by atoms with Crippen LogP contribution in [-0.2, 0) is 10.8 Å². The molecule has 0 fully saturated rings. The van der Waals surface area contributed by atoms with Crippen molar-refractivity contribution in [3.63, 3.8) is 0 Å². The van der Waals surface area contributed by atoms with Crippen LogP contribution in [0.3, 0.4) is 0 Å². The molecule has 12 rings (SSSR count). The van der Waals surface area contributed by atoms with Gasteiger partial charge in [0.05, 0.1) is 5.69 Å². The molecule has 0 spiro atoms. The van der Waals surface area contributed by atoms with E-state index >= 15 is 0 Å². The van der Waals surface area contributed by atoms with Gasteiger partial charge in [0.2, 0.25) is 0 Å². The summed E-state index contributed by atoms with van der Waals surface area (Å²) in [4.78, 5) is 2.46. The maximum atomic E-state index is 6.70. The third-order valence-electron chi connectivity index (χ3n) is 13.7. The second-order valence-corrected chi connectivity index (χ2v) is 17.7. The van der Waals surface area contributed by atoms with Crippen LogP contribution in [0.1, 0.15) is 49.9 Å². The fourth-order valence-corrected chi connectivity index (χ4v) is 10.6. The van der Waals surface area contributed by atoms with E-state index in [1.807, 2.05) is 0 Å². The van der Waals surface area contributed by atoms with Crippen molar-refractivity contribution in [2.45, 2.75) is 38.5 Å². The van der Waals surface area contributed by atoms with Crippen LogP contribution in [0.4, 0.5) is 17.1 Å². The summed E-state index contributed by atoms with van der Waals surface area (Å²) in [5.74, 6) is 0. The molecule has 0 N–H and O–H groups in total. The number of furan rings is 1. The first-order valence-corrected chi connectivity index (χ1v) is 21.1. The van der Waals surface area contributed by atoms with Gasteiger partial charge in [-0.2, -0.15) is 0 Å². The first-order chi connectivity index (χ1) is 29.3. The Morgan fingerprint density at radius 3 is 1.70 bits per heavy atom. The Morgan fingerprint density at radius 2 is 0.950 bits per heavy atom. The zero-order valence-corrected chi connectivity index (χ0v) is 34.3. The molecule has 0 aliphatic heterocycles. The highest BCUT2D eigenvalue weighted by atomic mass is 16.3. The molecule has 1 aromatic heterocycles. The average Bonchev–Trinajstić information content (AvgIpc) is 3.87. The molecular formula is C58H43NO. The molecule has 2 aliphatic rings. The summed E-state index contributed by atoms with van der Waals surface area (Å²) >= 11 is 0. The summed E-state index contributed by atoms with van der Waals surface area (Å²) in [6.45, 7) is 9.43.